The zero-order valence-corrected chi connectivity index (χ0v) is 20.1. The van der Waals surface area contributed by atoms with E-state index in [-0.39, 0.29) is 28.7 Å². The summed E-state index contributed by atoms with van der Waals surface area (Å²) in [4.78, 5) is 43.8. The molecule has 2 aromatic rings. The molecule has 1 saturated carbocycles. The molecule has 2 saturated heterocycles. The Bertz CT molecular complexity index is 1230. The lowest BCUT2D eigenvalue weighted by atomic mass is 10.1. The minimum atomic E-state index is -0.310. The largest absolute Gasteiger partial charge is 0.335 e. The molecule has 3 aliphatic rings. The van der Waals surface area contributed by atoms with Crippen LogP contribution in [-0.4, -0.2) is 63.6 Å². The molecule has 5 rings (SSSR count). The number of nitrogens with one attached hydrogen (secondary N) is 1. The lowest BCUT2D eigenvalue weighted by molar-refractivity contribution is -0.131. The van der Waals surface area contributed by atoms with Crippen molar-refractivity contribution in [2.75, 3.05) is 33.2 Å². The summed E-state index contributed by atoms with van der Waals surface area (Å²) in [5.74, 6) is 0.195. The maximum atomic E-state index is 13.6. The monoisotopic (exact) mass is 469 g/mol. The second kappa shape index (κ2) is 8.45. The molecule has 1 aromatic heterocycles. The molecule has 0 bridgehead atoms. The minimum absolute atomic E-state index is 0.167. The van der Waals surface area contributed by atoms with Crippen molar-refractivity contribution in [3.63, 3.8) is 0 Å². The van der Waals surface area contributed by atoms with Crippen LogP contribution in [0.3, 0.4) is 0 Å². The summed E-state index contributed by atoms with van der Waals surface area (Å²) in [6, 6.07) is 5.49. The molecule has 1 aromatic carbocycles. The average molecular weight is 470 g/mol. The van der Waals surface area contributed by atoms with Gasteiger partial charge in [0.15, 0.2) is 0 Å². The molecule has 1 unspecified atom stereocenters. The summed E-state index contributed by atoms with van der Waals surface area (Å²) in [6.07, 6.45) is 4.60. The fraction of sp³-hybridized carbons (Fsp3) is 0.542. The number of carbonyl (C=O) groups excluding carboxylic acids is 1. The van der Waals surface area contributed by atoms with Crippen molar-refractivity contribution < 1.29 is 4.79 Å². The third-order valence-corrected chi connectivity index (χ3v) is 8.29. The van der Waals surface area contributed by atoms with E-state index in [2.05, 4.69) is 30.2 Å². The van der Waals surface area contributed by atoms with E-state index >= 15 is 0 Å². The van der Waals surface area contributed by atoms with Gasteiger partial charge in [-0.15, -0.1) is 0 Å². The number of aromatic nitrogens is 2. The zero-order valence-electron chi connectivity index (χ0n) is 19.2. The maximum Gasteiger partial charge on any atom is 0.331 e. The number of likely N-dealkylation sites (tertiary alicyclic amines) is 2. The van der Waals surface area contributed by atoms with Gasteiger partial charge in [0.05, 0.1) is 16.9 Å². The third-order valence-electron chi connectivity index (χ3n) is 7.20. The Kier molecular flexibility index (Phi) is 5.74. The van der Waals surface area contributed by atoms with Crippen LogP contribution in [-0.2, 0) is 11.3 Å². The van der Waals surface area contributed by atoms with Crippen LogP contribution in [0.1, 0.15) is 32.2 Å². The van der Waals surface area contributed by atoms with E-state index in [1.807, 2.05) is 18.2 Å². The minimum Gasteiger partial charge on any atom is -0.335 e. The normalized spacial score (nSPS) is 22.5. The van der Waals surface area contributed by atoms with Crippen molar-refractivity contribution in [3.8, 4) is 0 Å². The molecule has 8 nitrogen and oxygen atoms in total. The van der Waals surface area contributed by atoms with Crippen LogP contribution >= 0.6 is 11.9 Å². The second-order valence-corrected chi connectivity index (χ2v) is 10.9. The molecule has 3 heterocycles. The molecule has 1 aliphatic carbocycles. The van der Waals surface area contributed by atoms with E-state index in [9.17, 15) is 14.4 Å². The second-order valence-electron chi connectivity index (χ2n) is 10.0. The lowest BCUT2D eigenvalue weighted by Gasteiger charge is -2.39. The van der Waals surface area contributed by atoms with Crippen molar-refractivity contribution in [1.29, 1.82) is 0 Å². The molecule has 0 radical (unpaired) electrons. The van der Waals surface area contributed by atoms with E-state index in [4.69, 9.17) is 0 Å². The Hall–Kier alpha value is -2.36. The first kappa shape index (κ1) is 22.4. The standard InChI is InChI=1S/C24H31N5O3S/c1-4-21(30)27-14-17(15-27)29-22(31)19-11-18(33-25-24(2)8-9-24)5-6-20(19)28(23(29)32)13-16-7-10-26(3)12-16/h4-6,11,16-17,25H,1,7-10,12-15H2,2-3H3. The Balaban J connectivity index is 1.54. The fourth-order valence-corrected chi connectivity index (χ4v) is 5.65. The van der Waals surface area contributed by atoms with Crippen LogP contribution in [0, 0.1) is 5.92 Å². The molecule has 33 heavy (non-hydrogen) atoms. The van der Waals surface area contributed by atoms with E-state index in [0.29, 0.717) is 36.5 Å². The van der Waals surface area contributed by atoms with Crippen LogP contribution in [0.15, 0.2) is 45.3 Å². The number of benzene rings is 1. The highest BCUT2D eigenvalue weighted by Gasteiger charge is 2.37. The number of amides is 1. The first-order valence-corrected chi connectivity index (χ1v) is 12.4. The van der Waals surface area contributed by atoms with Gasteiger partial charge in [0.25, 0.3) is 5.56 Å². The third kappa shape index (κ3) is 4.29. The maximum absolute atomic E-state index is 13.6. The first-order chi connectivity index (χ1) is 15.8. The van der Waals surface area contributed by atoms with Crippen molar-refractivity contribution in [1.82, 2.24) is 23.7 Å². The molecule has 0 spiro atoms. The highest BCUT2D eigenvalue weighted by atomic mass is 32.2. The molecule has 1 amide bonds. The highest BCUT2D eigenvalue weighted by molar-refractivity contribution is 7.97. The topological polar surface area (TPSA) is 79.6 Å². The lowest BCUT2D eigenvalue weighted by Crippen LogP contribution is -2.56. The Labute approximate surface area is 197 Å². The fourth-order valence-electron chi connectivity index (χ4n) is 4.77. The summed E-state index contributed by atoms with van der Waals surface area (Å²) in [5.41, 5.74) is 0.309. The van der Waals surface area contributed by atoms with Gasteiger partial charge in [0.2, 0.25) is 5.91 Å². The van der Waals surface area contributed by atoms with Crippen molar-refractivity contribution in [2.45, 2.75) is 49.2 Å². The van der Waals surface area contributed by atoms with Gasteiger partial charge >= 0.3 is 5.69 Å². The molecular formula is C24H31N5O3S. The Morgan fingerprint density at radius 2 is 2.03 bits per heavy atom. The molecule has 3 fully saturated rings. The quantitative estimate of drug-likeness (QED) is 0.492. The summed E-state index contributed by atoms with van der Waals surface area (Å²) in [7, 11) is 2.10. The molecule has 1 atom stereocenters. The van der Waals surface area contributed by atoms with E-state index in [0.717, 1.165) is 37.2 Å². The molecule has 1 N–H and O–H groups in total. The summed E-state index contributed by atoms with van der Waals surface area (Å²) < 4.78 is 6.64. The van der Waals surface area contributed by atoms with Crippen LogP contribution in [0.2, 0.25) is 0 Å². The smallest absolute Gasteiger partial charge is 0.331 e. The zero-order chi connectivity index (χ0) is 23.3. The van der Waals surface area contributed by atoms with Crippen molar-refractivity contribution in [3.05, 3.63) is 51.7 Å². The summed E-state index contributed by atoms with van der Waals surface area (Å²) in [5, 5.41) is 0.558. The first-order valence-electron chi connectivity index (χ1n) is 11.6. The molecule has 9 heteroatoms. The Morgan fingerprint density at radius 1 is 1.27 bits per heavy atom. The number of fused-ring (bicyclic) bond motifs is 1. The highest BCUT2D eigenvalue weighted by Crippen LogP contribution is 2.37. The SMILES string of the molecule is C=CC(=O)N1CC(n2c(=O)c3cc(SNC4(C)CC4)ccc3n(CC3CCN(C)C3)c2=O)C1. The van der Waals surface area contributed by atoms with Crippen LogP contribution in [0.5, 0.6) is 0 Å². The summed E-state index contributed by atoms with van der Waals surface area (Å²) in [6.45, 7) is 8.97. The van der Waals surface area contributed by atoms with E-state index in [1.165, 1.54) is 10.6 Å². The number of hydrogen-bond donors (Lipinski definition) is 1. The van der Waals surface area contributed by atoms with Crippen molar-refractivity contribution >= 4 is 28.8 Å². The van der Waals surface area contributed by atoms with Gasteiger partial charge in [0, 0.05) is 36.6 Å². The predicted octanol–water partition coefficient (Wildman–Crippen LogP) is 1.83. The number of carbonyl (C=O) groups is 1. The number of nitrogens with zero attached hydrogens (tertiary/aromatic N) is 4. The predicted molar refractivity (Wildman–Crippen MR) is 131 cm³/mol. The number of rotatable bonds is 7. The Morgan fingerprint density at radius 3 is 2.67 bits per heavy atom. The summed E-state index contributed by atoms with van der Waals surface area (Å²) >= 11 is 1.54. The van der Waals surface area contributed by atoms with Crippen LogP contribution < -0.4 is 16.0 Å². The molecule has 2 aliphatic heterocycles. The van der Waals surface area contributed by atoms with Gasteiger partial charge in [-0.3, -0.25) is 23.4 Å². The van der Waals surface area contributed by atoms with Gasteiger partial charge < -0.3 is 9.80 Å². The average Bonchev–Trinajstić information content (AvgIpc) is 3.37. The van der Waals surface area contributed by atoms with Gasteiger partial charge in [-0.1, -0.05) is 6.58 Å². The van der Waals surface area contributed by atoms with Gasteiger partial charge in [-0.05, 0) is 81.9 Å². The van der Waals surface area contributed by atoms with Gasteiger partial charge in [0.1, 0.15) is 0 Å². The van der Waals surface area contributed by atoms with E-state index < -0.39 is 0 Å². The van der Waals surface area contributed by atoms with Gasteiger partial charge in [-0.25, -0.2) is 4.79 Å². The van der Waals surface area contributed by atoms with E-state index in [1.54, 1.807) is 21.4 Å². The number of hydrogen-bond acceptors (Lipinski definition) is 6. The molecular weight excluding hydrogens is 438 g/mol. The molecule has 176 valence electrons. The van der Waals surface area contributed by atoms with Crippen LogP contribution in [0.4, 0.5) is 0 Å². The van der Waals surface area contributed by atoms with Crippen LogP contribution in [0.25, 0.3) is 10.9 Å². The van der Waals surface area contributed by atoms with Gasteiger partial charge in [-0.2, -0.15) is 0 Å². The van der Waals surface area contributed by atoms with Crippen molar-refractivity contribution in [2.24, 2.45) is 5.92 Å².